The van der Waals surface area contributed by atoms with Gasteiger partial charge in [0.05, 0.1) is 7.11 Å². The molecule has 0 aliphatic carbocycles. The molecule has 2 aromatic rings. The molecule has 0 bridgehead atoms. The number of aromatic hydroxyl groups is 1. The van der Waals surface area contributed by atoms with Crippen LogP contribution in [0.3, 0.4) is 0 Å². The number of carboxylic acids is 1. The minimum Gasteiger partial charge on any atom is -0.507 e. The normalized spacial score (nSPS) is 10.2. The molecule has 2 rings (SSSR count). The summed E-state index contributed by atoms with van der Waals surface area (Å²) in [4.78, 5) is 10.6. The highest BCUT2D eigenvalue weighted by atomic mass is 16.5. The first kappa shape index (κ1) is 11.0. The van der Waals surface area contributed by atoms with Gasteiger partial charge in [0.2, 0.25) is 5.76 Å². The molecule has 17 heavy (non-hydrogen) atoms. The van der Waals surface area contributed by atoms with E-state index in [9.17, 15) is 9.90 Å². The zero-order valence-corrected chi connectivity index (χ0v) is 8.88. The molecule has 0 unspecified atom stereocenters. The summed E-state index contributed by atoms with van der Waals surface area (Å²) >= 11 is 0. The van der Waals surface area contributed by atoms with Gasteiger partial charge in [0.25, 0.3) is 0 Å². The maximum atomic E-state index is 10.6. The van der Waals surface area contributed by atoms with Gasteiger partial charge in [-0.3, -0.25) is 0 Å². The van der Waals surface area contributed by atoms with Crippen molar-refractivity contribution < 1.29 is 24.3 Å². The number of phenolic OH excluding ortho intramolecular Hbond substituents is 1. The average molecular weight is 235 g/mol. The van der Waals surface area contributed by atoms with E-state index in [1.165, 1.54) is 19.2 Å². The van der Waals surface area contributed by atoms with Crippen molar-refractivity contribution in [1.82, 2.24) is 5.16 Å². The van der Waals surface area contributed by atoms with Crippen LogP contribution in [0.1, 0.15) is 10.6 Å². The quantitative estimate of drug-likeness (QED) is 0.841. The van der Waals surface area contributed by atoms with E-state index in [4.69, 9.17) is 9.84 Å². The lowest BCUT2D eigenvalue weighted by atomic mass is 10.1. The summed E-state index contributed by atoms with van der Waals surface area (Å²) in [5.74, 6) is -1.06. The van der Waals surface area contributed by atoms with Crippen molar-refractivity contribution in [2.75, 3.05) is 7.11 Å². The second kappa shape index (κ2) is 4.17. The summed E-state index contributed by atoms with van der Waals surface area (Å²) in [6.45, 7) is 0. The molecule has 0 amide bonds. The van der Waals surface area contributed by atoms with Crippen LogP contribution in [0.15, 0.2) is 28.8 Å². The van der Waals surface area contributed by atoms with Gasteiger partial charge in [0.1, 0.15) is 17.2 Å². The molecule has 88 valence electrons. The van der Waals surface area contributed by atoms with Gasteiger partial charge in [-0.25, -0.2) is 4.79 Å². The van der Waals surface area contributed by atoms with Crippen molar-refractivity contribution in [2.45, 2.75) is 0 Å². The monoisotopic (exact) mass is 235 g/mol. The van der Waals surface area contributed by atoms with E-state index in [1.54, 1.807) is 12.1 Å². The van der Waals surface area contributed by atoms with E-state index in [0.717, 1.165) is 0 Å². The predicted octanol–water partition coefficient (Wildman–Crippen LogP) is 1.75. The SMILES string of the molecule is COc1ccc(-c2cc(C(=O)O)on2)c(O)c1. The zero-order valence-electron chi connectivity index (χ0n) is 8.88. The molecule has 0 aliphatic heterocycles. The van der Waals surface area contributed by atoms with E-state index in [1.807, 2.05) is 0 Å². The van der Waals surface area contributed by atoms with Gasteiger partial charge in [-0.05, 0) is 12.1 Å². The Hall–Kier alpha value is -2.50. The molecule has 0 aliphatic rings. The van der Waals surface area contributed by atoms with Crippen molar-refractivity contribution in [1.29, 1.82) is 0 Å². The Bertz CT molecular complexity index is 561. The minimum absolute atomic E-state index is 0.0606. The molecule has 6 heteroatoms. The van der Waals surface area contributed by atoms with Gasteiger partial charge in [-0.15, -0.1) is 0 Å². The van der Waals surface area contributed by atoms with Gasteiger partial charge >= 0.3 is 5.97 Å². The summed E-state index contributed by atoms with van der Waals surface area (Å²) in [5, 5.41) is 22.0. The molecule has 0 radical (unpaired) electrons. The fourth-order valence-electron chi connectivity index (χ4n) is 1.36. The van der Waals surface area contributed by atoms with Crippen LogP contribution in [0.25, 0.3) is 11.3 Å². The van der Waals surface area contributed by atoms with Crippen LogP contribution in [0.5, 0.6) is 11.5 Å². The number of phenols is 1. The predicted molar refractivity (Wildman–Crippen MR) is 57.1 cm³/mol. The second-order valence-corrected chi connectivity index (χ2v) is 3.26. The van der Waals surface area contributed by atoms with Crippen molar-refractivity contribution in [3.63, 3.8) is 0 Å². The first-order valence-corrected chi connectivity index (χ1v) is 4.69. The Labute approximate surface area is 96.0 Å². The molecule has 0 spiro atoms. The van der Waals surface area contributed by atoms with Crippen LogP contribution >= 0.6 is 0 Å². The fourth-order valence-corrected chi connectivity index (χ4v) is 1.36. The number of carboxylic acid groups (broad SMARTS) is 1. The van der Waals surface area contributed by atoms with Crippen LogP contribution in [0.2, 0.25) is 0 Å². The lowest BCUT2D eigenvalue weighted by Gasteiger charge is -2.03. The zero-order chi connectivity index (χ0) is 12.4. The number of rotatable bonds is 3. The molecule has 1 aromatic carbocycles. The Kier molecular flexibility index (Phi) is 2.70. The molecule has 0 atom stereocenters. The molecule has 1 aromatic heterocycles. The number of ether oxygens (including phenoxy) is 1. The van der Waals surface area contributed by atoms with Crippen molar-refractivity contribution >= 4 is 5.97 Å². The number of nitrogens with zero attached hydrogens (tertiary/aromatic N) is 1. The van der Waals surface area contributed by atoms with Gasteiger partial charge in [-0.2, -0.15) is 0 Å². The van der Waals surface area contributed by atoms with Crippen molar-refractivity contribution in [3.05, 3.63) is 30.0 Å². The standard InChI is InChI=1S/C11H9NO5/c1-16-6-2-3-7(9(13)4-6)8-5-10(11(14)15)17-12-8/h2-5,13H,1H3,(H,14,15). The third kappa shape index (κ3) is 2.05. The maximum Gasteiger partial charge on any atom is 0.374 e. The van der Waals surface area contributed by atoms with Crippen LogP contribution < -0.4 is 4.74 Å². The summed E-state index contributed by atoms with van der Waals surface area (Å²) in [6, 6.07) is 5.84. The van der Waals surface area contributed by atoms with E-state index in [-0.39, 0.29) is 17.2 Å². The average Bonchev–Trinajstić information content (AvgIpc) is 2.78. The van der Waals surface area contributed by atoms with E-state index in [0.29, 0.717) is 11.3 Å². The smallest absolute Gasteiger partial charge is 0.374 e. The van der Waals surface area contributed by atoms with Crippen molar-refractivity contribution in [3.8, 4) is 22.8 Å². The van der Waals surface area contributed by atoms with E-state index in [2.05, 4.69) is 9.68 Å². The summed E-state index contributed by atoms with van der Waals surface area (Å²) < 4.78 is 9.53. The summed E-state index contributed by atoms with van der Waals surface area (Å²) in [5.41, 5.74) is 0.629. The highest BCUT2D eigenvalue weighted by Crippen LogP contribution is 2.31. The topological polar surface area (TPSA) is 92.8 Å². The number of aromatic nitrogens is 1. The fraction of sp³-hybridized carbons (Fsp3) is 0.0909. The molecular formula is C11H9NO5. The molecule has 2 N–H and O–H groups in total. The third-order valence-electron chi connectivity index (χ3n) is 2.20. The molecule has 0 fully saturated rings. The lowest BCUT2D eigenvalue weighted by molar-refractivity contribution is 0.0652. The number of aromatic carboxylic acids is 1. The molecule has 0 saturated heterocycles. The Morgan fingerprint density at radius 2 is 2.18 bits per heavy atom. The highest BCUT2D eigenvalue weighted by Gasteiger charge is 2.15. The van der Waals surface area contributed by atoms with Crippen LogP contribution in [-0.4, -0.2) is 28.4 Å². The van der Waals surface area contributed by atoms with E-state index < -0.39 is 5.97 Å². The van der Waals surface area contributed by atoms with Gasteiger partial charge in [0.15, 0.2) is 0 Å². The molecule has 1 heterocycles. The highest BCUT2D eigenvalue weighted by molar-refractivity contribution is 5.86. The summed E-state index contributed by atoms with van der Waals surface area (Å²) in [6.07, 6.45) is 0. The number of benzene rings is 1. The van der Waals surface area contributed by atoms with Crippen LogP contribution in [0.4, 0.5) is 0 Å². The maximum absolute atomic E-state index is 10.6. The third-order valence-corrected chi connectivity index (χ3v) is 2.20. The lowest BCUT2D eigenvalue weighted by Crippen LogP contribution is -1.91. The second-order valence-electron chi connectivity index (χ2n) is 3.26. The Morgan fingerprint density at radius 1 is 1.41 bits per heavy atom. The number of hydrogen-bond acceptors (Lipinski definition) is 5. The Morgan fingerprint density at radius 3 is 2.71 bits per heavy atom. The van der Waals surface area contributed by atoms with Gasteiger partial charge < -0.3 is 19.5 Å². The molecular weight excluding hydrogens is 226 g/mol. The largest absolute Gasteiger partial charge is 0.507 e. The number of hydrogen-bond donors (Lipinski definition) is 2. The van der Waals surface area contributed by atoms with Gasteiger partial charge in [0, 0.05) is 17.7 Å². The van der Waals surface area contributed by atoms with E-state index >= 15 is 0 Å². The number of methoxy groups -OCH3 is 1. The Balaban J connectivity index is 2.42. The van der Waals surface area contributed by atoms with Crippen LogP contribution in [0, 0.1) is 0 Å². The number of carbonyl (C=O) groups is 1. The summed E-state index contributed by atoms with van der Waals surface area (Å²) in [7, 11) is 1.48. The van der Waals surface area contributed by atoms with Crippen molar-refractivity contribution in [2.24, 2.45) is 0 Å². The first-order valence-electron chi connectivity index (χ1n) is 4.69. The van der Waals surface area contributed by atoms with Crippen LogP contribution in [-0.2, 0) is 0 Å². The first-order chi connectivity index (χ1) is 8.11. The molecule has 0 saturated carbocycles. The van der Waals surface area contributed by atoms with Gasteiger partial charge in [-0.1, -0.05) is 5.16 Å². The minimum atomic E-state index is -1.21. The molecule has 6 nitrogen and oxygen atoms in total.